The van der Waals surface area contributed by atoms with Crippen molar-refractivity contribution < 1.29 is 14.3 Å². The summed E-state index contributed by atoms with van der Waals surface area (Å²) < 4.78 is 11.5. The first-order valence-electron chi connectivity index (χ1n) is 10.8. The van der Waals surface area contributed by atoms with Crippen molar-refractivity contribution in [3.05, 3.63) is 46.8 Å². The molecule has 0 spiro atoms. The van der Waals surface area contributed by atoms with E-state index in [9.17, 15) is 4.79 Å². The third kappa shape index (κ3) is 4.41. The van der Waals surface area contributed by atoms with Crippen LogP contribution in [0.3, 0.4) is 0 Å². The summed E-state index contributed by atoms with van der Waals surface area (Å²) >= 11 is 0. The van der Waals surface area contributed by atoms with Gasteiger partial charge in [0.1, 0.15) is 5.75 Å². The summed E-state index contributed by atoms with van der Waals surface area (Å²) in [7, 11) is 0. The lowest BCUT2D eigenvalue weighted by atomic mass is 10.1. The van der Waals surface area contributed by atoms with Gasteiger partial charge in [-0.3, -0.25) is 4.79 Å². The molecule has 0 N–H and O–H groups in total. The summed E-state index contributed by atoms with van der Waals surface area (Å²) in [4.78, 5) is 26.4. The van der Waals surface area contributed by atoms with Crippen LogP contribution >= 0.6 is 0 Å². The Hall–Kier alpha value is -2.67. The molecule has 2 aliphatic rings. The molecule has 7 nitrogen and oxygen atoms in total. The normalized spacial score (nSPS) is 17.4. The molecule has 1 aromatic heterocycles. The number of aromatic nitrogens is 2. The van der Waals surface area contributed by atoms with Gasteiger partial charge in [-0.1, -0.05) is 13.0 Å². The third-order valence-electron chi connectivity index (χ3n) is 5.96. The van der Waals surface area contributed by atoms with E-state index in [2.05, 4.69) is 23.7 Å². The number of benzene rings is 1. The Balaban J connectivity index is 1.36. The first-order chi connectivity index (χ1) is 14.5. The summed E-state index contributed by atoms with van der Waals surface area (Å²) in [6.45, 7) is 10.2. The van der Waals surface area contributed by atoms with Crippen LogP contribution in [0.15, 0.2) is 24.4 Å². The van der Waals surface area contributed by atoms with Crippen LogP contribution in [0.2, 0.25) is 0 Å². The number of fused-ring (bicyclic) bond motifs is 1. The number of hydrogen-bond donors (Lipinski definition) is 0. The Morgan fingerprint density at radius 3 is 2.73 bits per heavy atom. The van der Waals surface area contributed by atoms with E-state index in [1.807, 2.05) is 36.2 Å². The number of rotatable bonds is 5. The summed E-state index contributed by atoms with van der Waals surface area (Å²) in [6, 6.07) is 5.97. The highest BCUT2D eigenvalue weighted by atomic mass is 16.5. The van der Waals surface area contributed by atoms with Crippen molar-refractivity contribution in [3.8, 4) is 5.75 Å². The molecule has 1 fully saturated rings. The fraction of sp³-hybridized carbons (Fsp3) is 0.522. The minimum atomic E-state index is -0.460. The SMILES string of the molecule is CC[C@H](Oc1ccc(C)c(C)c1)C(=O)N1CCN(c2ncc3c(n2)CCOC3)CC1. The van der Waals surface area contributed by atoms with Crippen molar-refractivity contribution in [3.63, 3.8) is 0 Å². The third-order valence-corrected chi connectivity index (χ3v) is 5.96. The van der Waals surface area contributed by atoms with Crippen molar-refractivity contribution in [2.24, 2.45) is 0 Å². The van der Waals surface area contributed by atoms with Crippen molar-refractivity contribution in [1.82, 2.24) is 14.9 Å². The van der Waals surface area contributed by atoms with Gasteiger partial charge in [-0.15, -0.1) is 0 Å². The van der Waals surface area contributed by atoms with E-state index in [1.54, 1.807) is 0 Å². The molecule has 0 bridgehead atoms. The fourth-order valence-electron chi connectivity index (χ4n) is 3.86. The summed E-state index contributed by atoms with van der Waals surface area (Å²) in [5, 5.41) is 0. The van der Waals surface area contributed by atoms with E-state index in [0.717, 1.165) is 42.5 Å². The number of carbonyl (C=O) groups is 1. The molecule has 160 valence electrons. The van der Waals surface area contributed by atoms with Gasteiger partial charge < -0.3 is 19.3 Å². The average molecular weight is 411 g/mol. The zero-order valence-electron chi connectivity index (χ0n) is 18.1. The van der Waals surface area contributed by atoms with Crippen molar-refractivity contribution in [1.29, 1.82) is 0 Å². The zero-order chi connectivity index (χ0) is 21.1. The van der Waals surface area contributed by atoms with E-state index in [1.165, 1.54) is 11.1 Å². The topological polar surface area (TPSA) is 67.8 Å². The van der Waals surface area contributed by atoms with Gasteiger partial charge >= 0.3 is 0 Å². The van der Waals surface area contributed by atoms with Crippen LogP contribution in [0.25, 0.3) is 0 Å². The number of hydrogen-bond acceptors (Lipinski definition) is 6. The second-order valence-corrected chi connectivity index (χ2v) is 8.02. The number of anilines is 1. The maximum absolute atomic E-state index is 13.1. The van der Waals surface area contributed by atoms with Gasteiger partial charge in [-0.2, -0.15) is 0 Å². The Bertz CT molecular complexity index is 909. The van der Waals surface area contributed by atoms with Crippen molar-refractivity contribution >= 4 is 11.9 Å². The molecule has 1 aromatic carbocycles. The van der Waals surface area contributed by atoms with Gasteiger partial charge in [0, 0.05) is 44.4 Å². The number of amides is 1. The number of aryl methyl sites for hydroxylation is 2. The Kier molecular flexibility index (Phi) is 6.18. The van der Waals surface area contributed by atoms with Gasteiger partial charge in [0.25, 0.3) is 5.91 Å². The monoisotopic (exact) mass is 410 g/mol. The van der Waals surface area contributed by atoms with E-state index in [0.29, 0.717) is 32.7 Å². The number of ether oxygens (including phenoxy) is 2. The van der Waals surface area contributed by atoms with E-state index >= 15 is 0 Å². The molecule has 2 aliphatic heterocycles. The second-order valence-electron chi connectivity index (χ2n) is 8.02. The molecule has 0 saturated carbocycles. The first-order valence-corrected chi connectivity index (χ1v) is 10.8. The van der Waals surface area contributed by atoms with E-state index in [-0.39, 0.29) is 5.91 Å². The van der Waals surface area contributed by atoms with Crippen LogP contribution in [0.1, 0.15) is 35.7 Å². The maximum atomic E-state index is 13.1. The first kappa shape index (κ1) is 20.6. The fourth-order valence-corrected chi connectivity index (χ4v) is 3.86. The lowest BCUT2D eigenvalue weighted by molar-refractivity contribution is -0.139. The van der Waals surface area contributed by atoms with Gasteiger partial charge in [0.05, 0.1) is 18.9 Å². The van der Waals surface area contributed by atoms with Crippen LogP contribution in [-0.2, 0) is 22.6 Å². The van der Waals surface area contributed by atoms with E-state index < -0.39 is 6.10 Å². The quantitative estimate of drug-likeness (QED) is 0.755. The summed E-state index contributed by atoms with van der Waals surface area (Å²) in [6.07, 6.45) is 2.89. The minimum absolute atomic E-state index is 0.0545. The lowest BCUT2D eigenvalue weighted by Gasteiger charge is -2.36. The van der Waals surface area contributed by atoms with E-state index in [4.69, 9.17) is 14.5 Å². The summed E-state index contributed by atoms with van der Waals surface area (Å²) in [5.74, 6) is 1.56. The highest BCUT2D eigenvalue weighted by Crippen LogP contribution is 2.21. The largest absolute Gasteiger partial charge is 0.481 e. The van der Waals surface area contributed by atoms with Crippen LogP contribution in [0, 0.1) is 13.8 Å². The Labute approximate surface area is 178 Å². The van der Waals surface area contributed by atoms with Crippen molar-refractivity contribution in [2.75, 3.05) is 37.7 Å². The lowest BCUT2D eigenvalue weighted by Crippen LogP contribution is -2.52. The molecule has 0 aliphatic carbocycles. The number of carbonyl (C=O) groups excluding carboxylic acids is 1. The smallest absolute Gasteiger partial charge is 0.263 e. The molecule has 0 unspecified atom stereocenters. The molecule has 0 radical (unpaired) electrons. The Morgan fingerprint density at radius 2 is 2.00 bits per heavy atom. The number of nitrogens with zero attached hydrogens (tertiary/aromatic N) is 4. The van der Waals surface area contributed by atoms with Gasteiger partial charge in [0.2, 0.25) is 5.95 Å². The second kappa shape index (κ2) is 9.00. The molecule has 30 heavy (non-hydrogen) atoms. The van der Waals surface area contributed by atoms with Crippen LogP contribution in [0.5, 0.6) is 5.75 Å². The van der Waals surface area contributed by atoms with Crippen molar-refractivity contribution in [2.45, 2.75) is 46.3 Å². The maximum Gasteiger partial charge on any atom is 0.263 e. The highest BCUT2D eigenvalue weighted by Gasteiger charge is 2.29. The molecule has 3 heterocycles. The van der Waals surface area contributed by atoms with Gasteiger partial charge in [-0.05, 0) is 43.5 Å². The molecular formula is C23H30N4O3. The zero-order valence-corrected chi connectivity index (χ0v) is 18.1. The predicted molar refractivity (Wildman–Crippen MR) is 115 cm³/mol. The average Bonchev–Trinajstić information content (AvgIpc) is 2.79. The molecule has 2 aromatic rings. The molecule has 1 amide bonds. The molecule has 4 rings (SSSR count). The minimum Gasteiger partial charge on any atom is -0.481 e. The van der Waals surface area contributed by atoms with Crippen LogP contribution in [0.4, 0.5) is 5.95 Å². The van der Waals surface area contributed by atoms with Gasteiger partial charge in [-0.25, -0.2) is 9.97 Å². The number of piperazine rings is 1. The molecule has 7 heteroatoms. The highest BCUT2D eigenvalue weighted by molar-refractivity contribution is 5.81. The van der Waals surface area contributed by atoms with Crippen LogP contribution in [-0.4, -0.2) is 59.7 Å². The standard InChI is InChI=1S/C23H30N4O3/c1-4-21(30-19-6-5-16(2)17(3)13-19)22(28)26-8-10-27(11-9-26)23-24-14-18-15-29-12-7-20(18)25-23/h5-6,13-14,21H,4,7-12,15H2,1-3H3/t21-/m0/s1. The van der Waals surface area contributed by atoms with Crippen LogP contribution < -0.4 is 9.64 Å². The predicted octanol–water partition coefficient (Wildman–Crippen LogP) is 2.67. The molecule has 1 saturated heterocycles. The van der Waals surface area contributed by atoms with Gasteiger partial charge in [0.15, 0.2) is 6.10 Å². The Morgan fingerprint density at radius 1 is 1.20 bits per heavy atom. The molecule has 1 atom stereocenters. The molecular weight excluding hydrogens is 380 g/mol. The summed E-state index contributed by atoms with van der Waals surface area (Å²) in [5.41, 5.74) is 4.54.